The van der Waals surface area contributed by atoms with Crippen LogP contribution in [0.1, 0.15) is 16.1 Å². The lowest BCUT2D eigenvalue weighted by molar-refractivity contribution is 0.0602. The number of para-hydroxylation sites is 1. The van der Waals surface area contributed by atoms with E-state index >= 15 is 0 Å². The first kappa shape index (κ1) is 18.6. The Balaban J connectivity index is 1.88. The molecule has 0 aliphatic rings. The molecule has 3 rings (SSSR count). The van der Waals surface area contributed by atoms with E-state index < -0.39 is 11.8 Å². The number of benzene rings is 2. The lowest BCUT2D eigenvalue weighted by atomic mass is 10.2. The van der Waals surface area contributed by atoms with Crippen molar-refractivity contribution in [3.63, 3.8) is 0 Å². The number of aromatic nitrogens is 2. The van der Waals surface area contributed by atoms with Crippen molar-refractivity contribution in [3.8, 4) is 0 Å². The van der Waals surface area contributed by atoms with Crippen molar-refractivity contribution in [2.24, 2.45) is 0 Å². The first-order valence-electron chi connectivity index (χ1n) is 7.98. The number of hydrogen-bond donors (Lipinski definition) is 2. The second kappa shape index (κ2) is 8.01. The molecule has 8 heteroatoms. The van der Waals surface area contributed by atoms with E-state index in [-0.39, 0.29) is 5.02 Å². The number of nitrogens with zero attached hydrogens (tertiary/aromatic N) is 2. The predicted octanol–water partition coefficient (Wildman–Crippen LogP) is 4.85. The van der Waals surface area contributed by atoms with Crippen LogP contribution in [0.2, 0.25) is 5.02 Å². The van der Waals surface area contributed by atoms with Crippen LogP contribution in [0.3, 0.4) is 0 Å². The van der Waals surface area contributed by atoms with E-state index in [1.807, 2.05) is 6.92 Å². The predicted molar refractivity (Wildman–Crippen MR) is 103 cm³/mol. The summed E-state index contributed by atoms with van der Waals surface area (Å²) in [5, 5.41) is 6.09. The lowest BCUT2D eigenvalue weighted by Gasteiger charge is -2.12. The molecule has 0 atom stereocenters. The van der Waals surface area contributed by atoms with Crippen LogP contribution < -0.4 is 10.6 Å². The van der Waals surface area contributed by atoms with Gasteiger partial charge in [-0.1, -0.05) is 23.7 Å². The van der Waals surface area contributed by atoms with Crippen molar-refractivity contribution in [2.75, 3.05) is 17.7 Å². The van der Waals surface area contributed by atoms with Crippen molar-refractivity contribution >= 4 is 40.7 Å². The van der Waals surface area contributed by atoms with Crippen LogP contribution in [0.4, 0.5) is 27.5 Å². The summed E-state index contributed by atoms with van der Waals surface area (Å²) in [5.41, 5.74) is 2.16. The van der Waals surface area contributed by atoms with Gasteiger partial charge in [0.05, 0.1) is 23.4 Å². The van der Waals surface area contributed by atoms with Crippen LogP contribution in [-0.4, -0.2) is 23.0 Å². The molecule has 3 aromatic rings. The van der Waals surface area contributed by atoms with Gasteiger partial charge < -0.3 is 15.4 Å². The van der Waals surface area contributed by atoms with E-state index in [1.165, 1.54) is 19.2 Å². The maximum absolute atomic E-state index is 13.3. The average Bonchev–Trinajstić information content (AvgIpc) is 2.64. The molecular weight excluding hydrogens is 371 g/mol. The van der Waals surface area contributed by atoms with Crippen molar-refractivity contribution in [2.45, 2.75) is 6.92 Å². The zero-order chi connectivity index (χ0) is 19.4. The number of halogens is 2. The number of esters is 1. The van der Waals surface area contributed by atoms with E-state index in [2.05, 4.69) is 20.6 Å². The van der Waals surface area contributed by atoms with E-state index in [1.54, 1.807) is 36.4 Å². The first-order valence-corrected chi connectivity index (χ1v) is 8.36. The number of hydrogen-bond acceptors (Lipinski definition) is 6. The van der Waals surface area contributed by atoms with E-state index in [4.69, 9.17) is 16.3 Å². The summed E-state index contributed by atoms with van der Waals surface area (Å²) >= 11 is 5.81. The Bertz CT molecular complexity index is 997. The number of nitrogens with one attached hydrogen (secondary N) is 2. The Morgan fingerprint density at radius 2 is 1.89 bits per heavy atom. The monoisotopic (exact) mass is 386 g/mol. The Morgan fingerprint density at radius 3 is 2.63 bits per heavy atom. The molecule has 0 radical (unpaired) electrons. The molecule has 1 aromatic heterocycles. The third kappa shape index (κ3) is 4.51. The fraction of sp³-hybridized carbons (Fsp3) is 0.105. The van der Waals surface area contributed by atoms with Gasteiger partial charge in [0, 0.05) is 17.4 Å². The number of aryl methyl sites for hydroxylation is 1. The van der Waals surface area contributed by atoms with Crippen LogP contribution in [0, 0.1) is 12.7 Å². The van der Waals surface area contributed by atoms with E-state index in [0.29, 0.717) is 34.4 Å². The summed E-state index contributed by atoms with van der Waals surface area (Å²) in [7, 11) is 1.32. The highest BCUT2D eigenvalue weighted by molar-refractivity contribution is 6.31. The zero-order valence-corrected chi connectivity index (χ0v) is 15.3. The number of carbonyl (C=O) groups is 1. The SMILES string of the molecule is COC(=O)c1ccccc1Nc1nc(C)cc(Nc2ccc(F)c(Cl)c2)n1. The summed E-state index contributed by atoms with van der Waals surface area (Å²) in [5.74, 6) is -0.182. The highest BCUT2D eigenvalue weighted by Crippen LogP contribution is 2.24. The molecule has 0 saturated carbocycles. The van der Waals surface area contributed by atoms with Crippen molar-refractivity contribution in [3.05, 3.63) is 70.6 Å². The van der Waals surface area contributed by atoms with E-state index in [0.717, 1.165) is 0 Å². The molecule has 2 aromatic carbocycles. The van der Waals surface area contributed by atoms with Gasteiger partial charge in [-0.2, -0.15) is 4.98 Å². The number of anilines is 4. The Labute approximate surface area is 160 Å². The molecule has 0 spiro atoms. The summed E-state index contributed by atoms with van der Waals surface area (Å²) in [6.07, 6.45) is 0. The third-order valence-corrected chi connectivity index (χ3v) is 3.91. The molecule has 0 saturated heterocycles. The van der Waals surface area contributed by atoms with Gasteiger partial charge in [0.25, 0.3) is 0 Å². The van der Waals surface area contributed by atoms with Crippen LogP contribution in [0.15, 0.2) is 48.5 Å². The number of ether oxygens (including phenoxy) is 1. The molecule has 2 N–H and O–H groups in total. The zero-order valence-electron chi connectivity index (χ0n) is 14.6. The summed E-state index contributed by atoms with van der Waals surface area (Å²) in [4.78, 5) is 20.6. The summed E-state index contributed by atoms with van der Waals surface area (Å²) in [6, 6.07) is 12.9. The van der Waals surface area contributed by atoms with Crippen LogP contribution in [0.5, 0.6) is 0 Å². The van der Waals surface area contributed by atoms with Gasteiger partial charge >= 0.3 is 5.97 Å². The molecule has 138 valence electrons. The Kier molecular flexibility index (Phi) is 5.52. The van der Waals surface area contributed by atoms with Gasteiger partial charge in [0.15, 0.2) is 0 Å². The summed E-state index contributed by atoms with van der Waals surface area (Å²) in [6.45, 7) is 1.81. The molecule has 0 bridgehead atoms. The normalized spacial score (nSPS) is 10.4. The fourth-order valence-corrected chi connectivity index (χ4v) is 2.59. The van der Waals surface area contributed by atoms with Gasteiger partial charge in [-0.25, -0.2) is 14.2 Å². The molecule has 0 fully saturated rings. The quantitative estimate of drug-likeness (QED) is 0.610. The smallest absolute Gasteiger partial charge is 0.339 e. The third-order valence-electron chi connectivity index (χ3n) is 3.63. The van der Waals surface area contributed by atoms with Crippen molar-refractivity contribution in [1.29, 1.82) is 0 Å². The Hall–Kier alpha value is -3.19. The average molecular weight is 387 g/mol. The second-order valence-corrected chi connectivity index (χ2v) is 6.04. The largest absolute Gasteiger partial charge is 0.465 e. The summed E-state index contributed by atoms with van der Waals surface area (Å²) < 4.78 is 18.1. The van der Waals surface area contributed by atoms with E-state index in [9.17, 15) is 9.18 Å². The van der Waals surface area contributed by atoms with Crippen molar-refractivity contribution in [1.82, 2.24) is 9.97 Å². The minimum Gasteiger partial charge on any atom is -0.465 e. The van der Waals surface area contributed by atoms with Crippen LogP contribution >= 0.6 is 11.6 Å². The highest BCUT2D eigenvalue weighted by Gasteiger charge is 2.13. The molecular formula is C19H16ClFN4O2. The van der Waals surface area contributed by atoms with Crippen LogP contribution in [-0.2, 0) is 4.74 Å². The van der Waals surface area contributed by atoms with Gasteiger partial charge in [-0.3, -0.25) is 0 Å². The minimum absolute atomic E-state index is 0.0103. The maximum atomic E-state index is 13.3. The van der Waals surface area contributed by atoms with Gasteiger partial charge in [0.2, 0.25) is 5.95 Å². The second-order valence-electron chi connectivity index (χ2n) is 5.63. The molecule has 0 unspecified atom stereocenters. The van der Waals surface area contributed by atoms with Crippen LogP contribution in [0.25, 0.3) is 0 Å². The molecule has 0 aliphatic heterocycles. The van der Waals surface area contributed by atoms with Gasteiger partial charge in [0.1, 0.15) is 11.6 Å². The molecule has 6 nitrogen and oxygen atoms in total. The molecule has 1 heterocycles. The maximum Gasteiger partial charge on any atom is 0.339 e. The minimum atomic E-state index is -0.497. The van der Waals surface area contributed by atoms with Gasteiger partial charge in [-0.05, 0) is 37.3 Å². The molecule has 27 heavy (non-hydrogen) atoms. The number of rotatable bonds is 5. The lowest BCUT2D eigenvalue weighted by Crippen LogP contribution is -2.08. The standard InChI is InChI=1S/C19H16ClFN4O2/c1-11-9-17(23-12-7-8-15(21)14(20)10-12)25-19(22-11)24-16-6-4-3-5-13(16)18(26)27-2/h3-10H,1-2H3,(H2,22,23,24,25). The first-order chi connectivity index (χ1) is 13.0. The molecule has 0 aliphatic carbocycles. The Morgan fingerprint density at radius 1 is 1.11 bits per heavy atom. The fourth-order valence-electron chi connectivity index (χ4n) is 2.41. The number of methoxy groups -OCH3 is 1. The highest BCUT2D eigenvalue weighted by atomic mass is 35.5. The van der Waals surface area contributed by atoms with Crippen molar-refractivity contribution < 1.29 is 13.9 Å². The van der Waals surface area contributed by atoms with Gasteiger partial charge in [-0.15, -0.1) is 0 Å². The number of carbonyl (C=O) groups excluding carboxylic acids is 1. The topological polar surface area (TPSA) is 76.1 Å². The molecule has 0 amide bonds.